The van der Waals surface area contributed by atoms with Crippen molar-refractivity contribution in [1.82, 2.24) is 20.3 Å². The number of nitrogens with zero attached hydrogens (tertiary/aromatic N) is 4. The molecule has 1 N–H and O–H groups in total. The van der Waals surface area contributed by atoms with Gasteiger partial charge in [0.15, 0.2) is 5.75 Å². The number of ether oxygens (including phenoxy) is 2. The van der Waals surface area contributed by atoms with Gasteiger partial charge in [-0.05, 0) is 56.3 Å². The van der Waals surface area contributed by atoms with E-state index >= 15 is 0 Å². The second-order valence-corrected chi connectivity index (χ2v) is 13.1. The van der Waals surface area contributed by atoms with Crippen LogP contribution >= 0.6 is 11.6 Å². The van der Waals surface area contributed by atoms with Crippen LogP contribution in [-0.4, -0.2) is 66.7 Å². The van der Waals surface area contributed by atoms with Gasteiger partial charge in [0.2, 0.25) is 15.3 Å². The van der Waals surface area contributed by atoms with Crippen LogP contribution in [0.1, 0.15) is 36.3 Å². The van der Waals surface area contributed by atoms with Gasteiger partial charge in [-0.2, -0.15) is 0 Å². The number of anilines is 1. The van der Waals surface area contributed by atoms with E-state index in [0.29, 0.717) is 16.9 Å². The summed E-state index contributed by atoms with van der Waals surface area (Å²) in [5.74, 6) is 0.111. The molecule has 0 saturated carbocycles. The maximum atomic E-state index is 14.3. The Morgan fingerprint density at radius 2 is 1.86 bits per heavy atom. The van der Waals surface area contributed by atoms with E-state index < -0.39 is 26.1 Å². The van der Waals surface area contributed by atoms with Crippen molar-refractivity contribution in [2.45, 2.75) is 49.4 Å². The number of aromatic nitrogens is 3. The van der Waals surface area contributed by atoms with Gasteiger partial charge >= 0.3 is 0 Å². The van der Waals surface area contributed by atoms with E-state index in [1.54, 1.807) is 12.3 Å². The Bertz CT molecular complexity index is 1810. The zero-order chi connectivity index (χ0) is 30.3. The molecule has 0 bridgehead atoms. The highest BCUT2D eigenvalue weighted by molar-refractivity contribution is 7.92. The molecule has 1 amide bonds. The predicted octanol–water partition coefficient (Wildman–Crippen LogP) is 4.74. The van der Waals surface area contributed by atoms with E-state index in [2.05, 4.69) is 29.0 Å². The lowest BCUT2D eigenvalue weighted by molar-refractivity contribution is -0.00545. The molecule has 43 heavy (non-hydrogen) atoms. The summed E-state index contributed by atoms with van der Waals surface area (Å²) in [6.45, 7) is 5.50. The Labute approximate surface area is 253 Å². The van der Waals surface area contributed by atoms with E-state index in [1.165, 1.54) is 6.07 Å². The standard InChI is InChI=1S/C30H29ClFN5O5S/c1-17-15-37(16-18(2)42-17)28-5-3-4-23(36-28)24-7-6-19-13-33-21(12-25(19)35-24)14-34-30(38)20-10-22(31)29-26(11-20)43(39,40)27(32)8-9-41-29/h3-7,10-13,17-18,27H,8-9,14-16H2,1-2H3,(H,34,38)/t17-,18+,27?. The number of pyridine rings is 3. The normalized spacial score (nSPS) is 21.5. The van der Waals surface area contributed by atoms with Gasteiger partial charge < -0.3 is 19.7 Å². The lowest BCUT2D eigenvalue weighted by Crippen LogP contribution is -2.45. The van der Waals surface area contributed by atoms with Crippen molar-refractivity contribution in [2.75, 3.05) is 24.6 Å². The van der Waals surface area contributed by atoms with Crippen LogP contribution in [0.25, 0.3) is 22.3 Å². The number of carbonyl (C=O) groups is 1. The minimum atomic E-state index is -4.36. The average Bonchev–Trinajstić information content (AvgIpc) is 3.10. The first-order valence-corrected chi connectivity index (χ1v) is 15.8. The number of hydrogen-bond acceptors (Lipinski definition) is 9. The molecular weight excluding hydrogens is 597 g/mol. The summed E-state index contributed by atoms with van der Waals surface area (Å²) in [6.07, 6.45) is 1.56. The fraction of sp³-hybridized carbons (Fsp3) is 0.333. The number of fused-ring (bicyclic) bond motifs is 2. The number of carbonyl (C=O) groups excluding carboxylic acids is 1. The molecule has 3 atom stereocenters. The van der Waals surface area contributed by atoms with Crippen molar-refractivity contribution in [3.63, 3.8) is 0 Å². The molecule has 1 unspecified atom stereocenters. The summed E-state index contributed by atoms with van der Waals surface area (Å²) in [7, 11) is -4.36. The molecule has 0 radical (unpaired) electrons. The van der Waals surface area contributed by atoms with E-state index in [9.17, 15) is 17.6 Å². The van der Waals surface area contributed by atoms with Crippen LogP contribution < -0.4 is 15.0 Å². The van der Waals surface area contributed by atoms with Gasteiger partial charge in [0.25, 0.3) is 5.91 Å². The SMILES string of the molecule is C[C@@H]1CN(c2cccc(-c3ccc4cnc(CNC(=O)c5cc(Cl)c6c(c5)S(=O)(=O)C(F)CCO6)cc4n3)n2)C[C@H](C)O1. The quantitative estimate of drug-likeness (QED) is 0.335. The van der Waals surface area contributed by atoms with E-state index in [-0.39, 0.29) is 48.1 Å². The third-order valence-corrected chi connectivity index (χ3v) is 9.41. The number of nitrogens with one attached hydrogen (secondary N) is 1. The molecule has 1 fully saturated rings. The molecule has 2 aliphatic heterocycles. The highest BCUT2D eigenvalue weighted by atomic mass is 35.5. The van der Waals surface area contributed by atoms with Gasteiger partial charge in [-0.1, -0.05) is 17.7 Å². The van der Waals surface area contributed by atoms with Crippen molar-refractivity contribution < 1.29 is 27.1 Å². The number of benzene rings is 1. The van der Waals surface area contributed by atoms with Crippen molar-refractivity contribution in [3.8, 4) is 17.1 Å². The van der Waals surface area contributed by atoms with Crippen LogP contribution in [0.2, 0.25) is 5.02 Å². The maximum absolute atomic E-state index is 14.3. The molecule has 3 aromatic heterocycles. The zero-order valence-corrected chi connectivity index (χ0v) is 25.0. The Balaban J connectivity index is 1.21. The van der Waals surface area contributed by atoms with Gasteiger partial charge in [0.1, 0.15) is 10.7 Å². The molecule has 0 spiro atoms. The summed E-state index contributed by atoms with van der Waals surface area (Å²) < 4.78 is 50.8. The van der Waals surface area contributed by atoms with E-state index in [4.69, 9.17) is 31.0 Å². The Morgan fingerprint density at radius 1 is 1.09 bits per heavy atom. The first kappa shape index (κ1) is 29.2. The van der Waals surface area contributed by atoms with Crippen LogP contribution in [0.4, 0.5) is 10.2 Å². The van der Waals surface area contributed by atoms with Gasteiger partial charge in [-0.3, -0.25) is 9.78 Å². The molecule has 0 aliphatic carbocycles. The van der Waals surface area contributed by atoms with Crippen LogP contribution in [0.5, 0.6) is 5.75 Å². The number of alkyl halides is 1. The second kappa shape index (κ2) is 11.7. The smallest absolute Gasteiger partial charge is 0.251 e. The molecular formula is C30H29ClFN5O5S. The Morgan fingerprint density at radius 3 is 2.65 bits per heavy atom. The summed E-state index contributed by atoms with van der Waals surface area (Å²) in [4.78, 5) is 28.8. The number of halogens is 2. The number of rotatable bonds is 5. The van der Waals surface area contributed by atoms with Gasteiger partial charge in [0.05, 0.1) is 53.0 Å². The average molecular weight is 626 g/mol. The van der Waals surface area contributed by atoms with Gasteiger partial charge in [-0.15, -0.1) is 0 Å². The molecule has 6 rings (SSSR count). The molecule has 1 aromatic carbocycles. The lowest BCUT2D eigenvalue weighted by atomic mass is 10.1. The number of morpholine rings is 1. The van der Waals surface area contributed by atoms with E-state index in [0.717, 1.165) is 36.1 Å². The second-order valence-electron chi connectivity index (χ2n) is 10.7. The molecule has 10 nitrogen and oxygen atoms in total. The molecule has 13 heteroatoms. The highest BCUT2D eigenvalue weighted by Gasteiger charge is 2.35. The minimum Gasteiger partial charge on any atom is -0.490 e. The van der Waals surface area contributed by atoms with Crippen LogP contribution in [0, 0.1) is 0 Å². The molecule has 5 heterocycles. The van der Waals surface area contributed by atoms with Crippen LogP contribution in [-0.2, 0) is 21.1 Å². The first-order valence-electron chi connectivity index (χ1n) is 13.8. The maximum Gasteiger partial charge on any atom is 0.251 e. The Hall–Kier alpha value is -3.87. The highest BCUT2D eigenvalue weighted by Crippen LogP contribution is 2.38. The number of hydrogen-bond donors (Lipinski definition) is 1. The minimum absolute atomic E-state index is 0.0332. The molecule has 2 aliphatic rings. The molecule has 4 aromatic rings. The Kier molecular flexibility index (Phi) is 7.92. The summed E-state index contributed by atoms with van der Waals surface area (Å²) >= 11 is 6.23. The largest absolute Gasteiger partial charge is 0.490 e. The van der Waals surface area contributed by atoms with Crippen molar-refractivity contribution in [2.24, 2.45) is 0 Å². The van der Waals surface area contributed by atoms with Gasteiger partial charge in [-0.25, -0.2) is 22.8 Å². The third-order valence-electron chi connectivity index (χ3n) is 7.31. The summed E-state index contributed by atoms with van der Waals surface area (Å²) in [5, 5.41) is 3.45. The predicted molar refractivity (Wildman–Crippen MR) is 160 cm³/mol. The fourth-order valence-corrected chi connectivity index (χ4v) is 7.01. The lowest BCUT2D eigenvalue weighted by Gasteiger charge is -2.36. The third kappa shape index (κ3) is 5.99. The van der Waals surface area contributed by atoms with Crippen LogP contribution in [0.3, 0.4) is 0 Å². The molecule has 224 valence electrons. The number of amides is 1. The van der Waals surface area contributed by atoms with Crippen molar-refractivity contribution >= 4 is 44.1 Å². The van der Waals surface area contributed by atoms with Gasteiger partial charge in [0, 0.05) is 36.7 Å². The van der Waals surface area contributed by atoms with Crippen LogP contribution in [0.15, 0.2) is 59.6 Å². The topological polar surface area (TPSA) is 124 Å². The van der Waals surface area contributed by atoms with Crippen molar-refractivity contribution in [3.05, 3.63) is 71.0 Å². The summed E-state index contributed by atoms with van der Waals surface area (Å²) in [6, 6.07) is 13.8. The number of sulfone groups is 1. The van der Waals surface area contributed by atoms with E-state index in [1.807, 2.05) is 30.3 Å². The monoisotopic (exact) mass is 625 g/mol. The van der Waals surface area contributed by atoms with Crippen molar-refractivity contribution in [1.29, 1.82) is 0 Å². The summed E-state index contributed by atoms with van der Waals surface area (Å²) in [5.41, 5.74) is 0.437. The fourth-order valence-electron chi connectivity index (χ4n) is 5.27. The molecule has 1 saturated heterocycles. The zero-order valence-electron chi connectivity index (χ0n) is 23.5. The first-order chi connectivity index (χ1) is 20.6.